The van der Waals surface area contributed by atoms with Crippen LogP contribution >= 0.6 is 11.6 Å². The first-order valence-corrected chi connectivity index (χ1v) is 7.58. The highest BCUT2D eigenvalue weighted by Gasteiger charge is 2.13. The van der Waals surface area contributed by atoms with Crippen molar-refractivity contribution < 1.29 is 14.3 Å². The number of amides is 1. The molecule has 2 aromatic rings. The molecule has 2 rings (SSSR count). The molecule has 120 valence electrons. The molecule has 0 aromatic carbocycles. The van der Waals surface area contributed by atoms with Crippen molar-refractivity contribution in [1.82, 2.24) is 14.7 Å². The molecule has 0 aliphatic rings. The standard InChI is InChI=1S/C15H20ClN3O3/c1-3-21-6-7-22-11(2)15(20)17-8-13-10-19-9-12(16)4-5-14(19)18-13/h4-5,9-11H,3,6-8H2,1-2H3,(H,17,20)/t11-/m0/s1. The minimum Gasteiger partial charge on any atom is -0.379 e. The van der Waals surface area contributed by atoms with Crippen molar-refractivity contribution in [2.24, 2.45) is 0 Å². The summed E-state index contributed by atoms with van der Waals surface area (Å²) in [5.74, 6) is -0.174. The van der Waals surface area contributed by atoms with Gasteiger partial charge in [0.25, 0.3) is 0 Å². The SMILES string of the molecule is CCOCCO[C@@H](C)C(=O)NCc1cn2cc(Cl)ccc2n1. The van der Waals surface area contributed by atoms with Gasteiger partial charge in [0, 0.05) is 19.0 Å². The Hall–Kier alpha value is -1.63. The van der Waals surface area contributed by atoms with E-state index in [1.165, 1.54) is 0 Å². The van der Waals surface area contributed by atoms with E-state index >= 15 is 0 Å². The van der Waals surface area contributed by atoms with Crippen molar-refractivity contribution in [3.63, 3.8) is 0 Å². The molecule has 2 heterocycles. The largest absolute Gasteiger partial charge is 0.379 e. The highest BCUT2D eigenvalue weighted by molar-refractivity contribution is 6.30. The third-order valence-corrected chi connectivity index (χ3v) is 3.30. The molecule has 6 nitrogen and oxygen atoms in total. The molecule has 0 saturated heterocycles. The minimum atomic E-state index is -0.521. The first-order chi connectivity index (χ1) is 10.6. The summed E-state index contributed by atoms with van der Waals surface area (Å²) >= 11 is 5.92. The van der Waals surface area contributed by atoms with Gasteiger partial charge in [-0.1, -0.05) is 11.6 Å². The van der Waals surface area contributed by atoms with Crippen molar-refractivity contribution in [1.29, 1.82) is 0 Å². The van der Waals surface area contributed by atoms with Gasteiger partial charge in [0.1, 0.15) is 11.8 Å². The molecular weight excluding hydrogens is 306 g/mol. The van der Waals surface area contributed by atoms with E-state index in [-0.39, 0.29) is 5.91 Å². The molecule has 1 N–H and O–H groups in total. The number of halogens is 1. The topological polar surface area (TPSA) is 64.9 Å². The van der Waals surface area contributed by atoms with Crippen LogP contribution in [0.2, 0.25) is 5.02 Å². The Kier molecular flexibility index (Phi) is 6.18. The molecule has 0 aliphatic heterocycles. The maximum atomic E-state index is 11.9. The van der Waals surface area contributed by atoms with Gasteiger partial charge in [-0.3, -0.25) is 4.79 Å². The summed E-state index contributed by atoms with van der Waals surface area (Å²) in [7, 11) is 0. The Labute approximate surface area is 134 Å². The van der Waals surface area contributed by atoms with Gasteiger partial charge in [0.2, 0.25) is 5.91 Å². The van der Waals surface area contributed by atoms with Crippen LogP contribution in [0.3, 0.4) is 0 Å². The first kappa shape index (κ1) is 16.7. The van der Waals surface area contributed by atoms with Gasteiger partial charge in [0.05, 0.1) is 30.5 Å². The minimum absolute atomic E-state index is 0.174. The smallest absolute Gasteiger partial charge is 0.249 e. The average Bonchev–Trinajstić information content (AvgIpc) is 2.90. The van der Waals surface area contributed by atoms with Crippen LogP contribution in [-0.2, 0) is 20.8 Å². The van der Waals surface area contributed by atoms with E-state index in [0.29, 0.717) is 31.4 Å². The van der Waals surface area contributed by atoms with Crippen molar-refractivity contribution in [2.75, 3.05) is 19.8 Å². The normalized spacial score (nSPS) is 12.5. The lowest BCUT2D eigenvalue weighted by Gasteiger charge is -2.12. The zero-order valence-corrected chi connectivity index (χ0v) is 13.5. The third kappa shape index (κ3) is 4.69. The molecule has 0 radical (unpaired) electrons. The Morgan fingerprint density at radius 3 is 3.00 bits per heavy atom. The number of ether oxygens (including phenoxy) is 2. The number of hydrogen-bond donors (Lipinski definition) is 1. The number of rotatable bonds is 8. The highest BCUT2D eigenvalue weighted by Crippen LogP contribution is 2.11. The third-order valence-electron chi connectivity index (χ3n) is 3.08. The van der Waals surface area contributed by atoms with Crippen molar-refractivity contribution in [2.45, 2.75) is 26.5 Å². The van der Waals surface area contributed by atoms with Gasteiger partial charge in [-0.05, 0) is 26.0 Å². The Morgan fingerprint density at radius 2 is 2.23 bits per heavy atom. The number of carbonyl (C=O) groups is 1. The Balaban J connectivity index is 1.81. The van der Waals surface area contributed by atoms with Crippen LogP contribution < -0.4 is 5.32 Å². The van der Waals surface area contributed by atoms with Gasteiger partial charge < -0.3 is 19.2 Å². The fourth-order valence-electron chi connectivity index (χ4n) is 1.93. The van der Waals surface area contributed by atoms with E-state index in [4.69, 9.17) is 21.1 Å². The molecular formula is C15H20ClN3O3. The first-order valence-electron chi connectivity index (χ1n) is 7.20. The van der Waals surface area contributed by atoms with Crippen molar-refractivity contribution in [3.8, 4) is 0 Å². The molecule has 22 heavy (non-hydrogen) atoms. The van der Waals surface area contributed by atoms with Crippen molar-refractivity contribution >= 4 is 23.2 Å². The molecule has 0 fully saturated rings. The van der Waals surface area contributed by atoms with Crippen LogP contribution in [0.4, 0.5) is 0 Å². The summed E-state index contributed by atoms with van der Waals surface area (Å²) in [6.45, 7) is 5.50. The second-order valence-corrected chi connectivity index (χ2v) is 5.21. The van der Waals surface area contributed by atoms with E-state index < -0.39 is 6.10 Å². The van der Waals surface area contributed by atoms with Crippen LogP contribution in [0.25, 0.3) is 5.65 Å². The second kappa shape index (κ2) is 8.12. The summed E-state index contributed by atoms with van der Waals surface area (Å²) in [6, 6.07) is 3.60. The number of imidazole rings is 1. The lowest BCUT2D eigenvalue weighted by atomic mass is 10.3. The molecule has 2 aromatic heterocycles. The van der Waals surface area contributed by atoms with E-state index in [9.17, 15) is 4.79 Å². The van der Waals surface area contributed by atoms with Gasteiger partial charge in [0.15, 0.2) is 0 Å². The molecule has 0 unspecified atom stereocenters. The van der Waals surface area contributed by atoms with Crippen molar-refractivity contribution in [3.05, 3.63) is 35.2 Å². The second-order valence-electron chi connectivity index (χ2n) is 4.77. The molecule has 1 atom stereocenters. The molecule has 0 aliphatic carbocycles. The van der Waals surface area contributed by atoms with Crippen LogP contribution in [-0.4, -0.2) is 41.2 Å². The number of aromatic nitrogens is 2. The van der Waals surface area contributed by atoms with Crippen LogP contribution in [0.5, 0.6) is 0 Å². The molecule has 0 bridgehead atoms. The van der Waals surface area contributed by atoms with Crippen LogP contribution in [0.15, 0.2) is 24.5 Å². The molecule has 1 amide bonds. The van der Waals surface area contributed by atoms with E-state index in [2.05, 4.69) is 10.3 Å². The Morgan fingerprint density at radius 1 is 1.41 bits per heavy atom. The quantitative estimate of drug-likeness (QED) is 0.754. The van der Waals surface area contributed by atoms with Crippen LogP contribution in [0.1, 0.15) is 19.5 Å². The maximum absolute atomic E-state index is 11.9. The number of nitrogens with zero attached hydrogens (tertiary/aromatic N) is 2. The summed E-state index contributed by atoms with van der Waals surface area (Å²) in [5.41, 5.74) is 1.55. The average molecular weight is 326 g/mol. The molecule has 7 heteroatoms. The number of carbonyl (C=O) groups excluding carboxylic acids is 1. The highest BCUT2D eigenvalue weighted by atomic mass is 35.5. The lowest BCUT2D eigenvalue weighted by Crippen LogP contribution is -2.34. The van der Waals surface area contributed by atoms with E-state index in [1.54, 1.807) is 19.2 Å². The zero-order valence-electron chi connectivity index (χ0n) is 12.7. The lowest BCUT2D eigenvalue weighted by molar-refractivity contribution is -0.132. The fraction of sp³-hybridized carbons (Fsp3) is 0.467. The molecule has 0 spiro atoms. The van der Waals surface area contributed by atoms with Gasteiger partial charge >= 0.3 is 0 Å². The van der Waals surface area contributed by atoms with Gasteiger partial charge in [-0.25, -0.2) is 4.98 Å². The number of hydrogen-bond acceptors (Lipinski definition) is 4. The summed E-state index contributed by atoms with van der Waals surface area (Å²) in [6.07, 6.45) is 3.09. The van der Waals surface area contributed by atoms with Gasteiger partial charge in [-0.2, -0.15) is 0 Å². The maximum Gasteiger partial charge on any atom is 0.249 e. The van der Waals surface area contributed by atoms with E-state index in [1.807, 2.05) is 23.6 Å². The monoisotopic (exact) mass is 325 g/mol. The summed E-state index contributed by atoms with van der Waals surface area (Å²) < 4.78 is 12.4. The number of pyridine rings is 1. The molecule has 0 saturated carbocycles. The van der Waals surface area contributed by atoms with Gasteiger partial charge in [-0.15, -0.1) is 0 Å². The summed E-state index contributed by atoms with van der Waals surface area (Å²) in [5, 5.41) is 3.44. The summed E-state index contributed by atoms with van der Waals surface area (Å²) in [4.78, 5) is 16.3. The number of fused-ring (bicyclic) bond motifs is 1. The number of nitrogens with one attached hydrogen (secondary N) is 1. The fourth-order valence-corrected chi connectivity index (χ4v) is 2.10. The van der Waals surface area contributed by atoms with Crippen LogP contribution in [0, 0.1) is 0 Å². The van der Waals surface area contributed by atoms with E-state index in [0.717, 1.165) is 11.3 Å². The predicted molar refractivity (Wildman–Crippen MR) is 84.0 cm³/mol. The predicted octanol–water partition coefficient (Wildman–Crippen LogP) is 2.05. The Bertz CT molecular complexity index is 630. The zero-order chi connectivity index (χ0) is 15.9.